The van der Waals surface area contributed by atoms with Gasteiger partial charge in [0.1, 0.15) is 18.5 Å². The third kappa shape index (κ3) is 2.66. The molecule has 0 N–H and O–H groups in total. The highest BCUT2D eigenvalue weighted by Gasteiger charge is 2.53. The SMILES string of the molecule is CC[C@@]12O[C@@H](COc3ccccc3)CN1CCN2c1ccccc1. The van der Waals surface area contributed by atoms with Gasteiger partial charge in [0.2, 0.25) is 5.85 Å². The highest BCUT2D eigenvalue weighted by Crippen LogP contribution is 2.40. The number of anilines is 1. The summed E-state index contributed by atoms with van der Waals surface area (Å²) in [6.45, 7) is 5.75. The summed E-state index contributed by atoms with van der Waals surface area (Å²) in [5.74, 6) is 0.574. The molecule has 2 aliphatic rings. The van der Waals surface area contributed by atoms with E-state index < -0.39 is 0 Å². The van der Waals surface area contributed by atoms with Gasteiger partial charge in [-0.15, -0.1) is 0 Å². The van der Waals surface area contributed by atoms with Gasteiger partial charge in [-0.3, -0.25) is 4.90 Å². The summed E-state index contributed by atoms with van der Waals surface area (Å²) in [4.78, 5) is 4.86. The Kier molecular flexibility index (Phi) is 4.17. The Morgan fingerprint density at radius 3 is 2.46 bits per heavy atom. The Hall–Kier alpha value is -2.04. The minimum absolute atomic E-state index is 0.0941. The van der Waals surface area contributed by atoms with E-state index in [0.717, 1.165) is 31.8 Å². The van der Waals surface area contributed by atoms with Crippen LogP contribution < -0.4 is 9.64 Å². The van der Waals surface area contributed by atoms with Crippen molar-refractivity contribution < 1.29 is 9.47 Å². The van der Waals surface area contributed by atoms with E-state index in [1.165, 1.54) is 5.69 Å². The second-order valence-corrected chi connectivity index (χ2v) is 6.39. The molecule has 2 aromatic carbocycles. The lowest BCUT2D eigenvalue weighted by Gasteiger charge is -2.39. The van der Waals surface area contributed by atoms with Crippen LogP contribution in [0.1, 0.15) is 13.3 Å². The van der Waals surface area contributed by atoms with Crippen LogP contribution >= 0.6 is 0 Å². The third-order valence-corrected chi connectivity index (χ3v) is 5.00. The molecule has 0 radical (unpaired) electrons. The van der Waals surface area contributed by atoms with Crippen molar-refractivity contribution in [3.05, 3.63) is 60.7 Å². The quantitative estimate of drug-likeness (QED) is 0.842. The fourth-order valence-corrected chi connectivity index (χ4v) is 3.89. The predicted octanol–water partition coefficient (Wildman–Crippen LogP) is 3.35. The molecule has 24 heavy (non-hydrogen) atoms. The van der Waals surface area contributed by atoms with Gasteiger partial charge in [0.25, 0.3) is 0 Å². The van der Waals surface area contributed by atoms with Crippen LogP contribution in [-0.2, 0) is 4.74 Å². The van der Waals surface area contributed by atoms with Crippen molar-refractivity contribution in [2.75, 3.05) is 31.1 Å². The van der Waals surface area contributed by atoms with Crippen molar-refractivity contribution in [3.63, 3.8) is 0 Å². The normalized spacial score (nSPS) is 26.5. The first-order valence-electron chi connectivity index (χ1n) is 8.75. The summed E-state index contributed by atoms with van der Waals surface area (Å²) in [5.41, 5.74) is 1.23. The fraction of sp³-hybridized carbons (Fsp3) is 0.400. The van der Waals surface area contributed by atoms with Gasteiger partial charge in [0, 0.05) is 31.7 Å². The number of ether oxygens (including phenoxy) is 2. The van der Waals surface area contributed by atoms with E-state index in [-0.39, 0.29) is 12.0 Å². The van der Waals surface area contributed by atoms with Crippen molar-refractivity contribution in [3.8, 4) is 5.75 Å². The molecule has 0 aliphatic carbocycles. The molecule has 2 fully saturated rings. The van der Waals surface area contributed by atoms with Gasteiger partial charge in [-0.2, -0.15) is 0 Å². The molecule has 0 aromatic heterocycles. The molecule has 4 nitrogen and oxygen atoms in total. The lowest BCUT2D eigenvalue weighted by Crippen LogP contribution is -2.51. The van der Waals surface area contributed by atoms with Gasteiger partial charge in [-0.25, -0.2) is 0 Å². The minimum Gasteiger partial charge on any atom is -0.491 e. The van der Waals surface area contributed by atoms with Crippen LogP contribution in [0.15, 0.2) is 60.7 Å². The molecular formula is C20H24N2O2. The minimum atomic E-state index is -0.327. The van der Waals surface area contributed by atoms with Gasteiger partial charge >= 0.3 is 0 Å². The first-order chi connectivity index (χ1) is 11.8. The first kappa shape index (κ1) is 15.5. The van der Waals surface area contributed by atoms with Gasteiger partial charge in [0.15, 0.2) is 0 Å². The monoisotopic (exact) mass is 324 g/mol. The standard InChI is InChI=1S/C20H24N2O2/c1-2-20-21(13-14-22(20)17-9-5-3-6-10-17)15-19(24-20)16-23-18-11-7-4-8-12-18/h3-12,19H,2,13-16H2,1H3/t19-,20-/m1/s1. The summed E-state index contributed by atoms with van der Waals surface area (Å²) in [6.07, 6.45) is 1.03. The third-order valence-electron chi connectivity index (χ3n) is 5.00. The fourth-order valence-electron chi connectivity index (χ4n) is 3.89. The maximum absolute atomic E-state index is 6.54. The van der Waals surface area contributed by atoms with Crippen LogP contribution in [0.25, 0.3) is 0 Å². The Balaban J connectivity index is 1.48. The molecular weight excluding hydrogens is 300 g/mol. The number of hydrogen-bond donors (Lipinski definition) is 0. The molecule has 2 atom stereocenters. The largest absolute Gasteiger partial charge is 0.491 e. The van der Waals surface area contributed by atoms with Crippen LogP contribution in [-0.4, -0.2) is 43.1 Å². The van der Waals surface area contributed by atoms with Crippen LogP contribution in [0.3, 0.4) is 0 Å². The molecule has 0 bridgehead atoms. The molecule has 0 spiro atoms. The lowest BCUT2D eigenvalue weighted by atomic mass is 10.2. The maximum atomic E-state index is 6.54. The number of para-hydroxylation sites is 2. The molecule has 2 aliphatic heterocycles. The summed E-state index contributed by atoms with van der Waals surface area (Å²) in [6, 6.07) is 20.5. The van der Waals surface area contributed by atoms with Crippen molar-refractivity contribution in [2.45, 2.75) is 25.3 Å². The zero-order valence-corrected chi connectivity index (χ0v) is 14.1. The van der Waals surface area contributed by atoms with Crippen LogP contribution in [0.4, 0.5) is 5.69 Å². The van der Waals surface area contributed by atoms with Crippen LogP contribution in [0.5, 0.6) is 5.75 Å². The van der Waals surface area contributed by atoms with Gasteiger partial charge in [-0.1, -0.05) is 43.3 Å². The highest BCUT2D eigenvalue weighted by atomic mass is 16.6. The summed E-state index contributed by atoms with van der Waals surface area (Å²) in [7, 11) is 0. The molecule has 4 heteroatoms. The predicted molar refractivity (Wildman–Crippen MR) is 95.2 cm³/mol. The van der Waals surface area contributed by atoms with Gasteiger partial charge in [0.05, 0.1) is 0 Å². The topological polar surface area (TPSA) is 24.9 Å². The van der Waals surface area contributed by atoms with E-state index in [4.69, 9.17) is 9.47 Å². The number of fused-ring (bicyclic) bond motifs is 1. The number of benzene rings is 2. The second kappa shape index (κ2) is 6.46. The molecule has 4 rings (SSSR count). The zero-order valence-electron chi connectivity index (χ0n) is 14.1. The van der Waals surface area contributed by atoms with Crippen molar-refractivity contribution >= 4 is 5.69 Å². The molecule has 0 amide bonds. The van der Waals surface area contributed by atoms with E-state index in [1.54, 1.807) is 0 Å². The lowest BCUT2D eigenvalue weighted by molar-refractivity contribution is -0.0928. The van der Waals surface area contributed by atoms with Crippen molar-refractivity contribution in [1.82, 2.24) is 4.90 Å². The summed E-state index contributed by atoms with van der Waals surface area (Å²) in [5, 5.41) is 0. The molecule has 2 saturated heterocycles. The number of hydrogen-bond acceptors (Lipinski definition) is 4. The van der Waals surface area contributed by atoms with Gasteiger partial charge in [-0.05, 0) is 24.3 Å². The Morgan fingerprint density at radius 2 is 1.75 bits per heavy atom. The van der Waals surface area contributed by atoms with E-state index in [0.29, 0.717) is 6.61 Å². The van der Waals surface area contributed by atoms with Crippen molar-refractivity contribution in [2.24, 2.45) is 0 Å². The summed E-state index contributed by atoms with van der Waals surface area (Å²) < 4.78 is 12.5. The Bertz CT molecular complexity index is 664. The first-order valence-corrected chi connectivity index (χ1v) is 8.75. The molecule has 126 valence electrons. The van der Waals surface area contributed by atoms with Crippen molar-refractivity contribution in [1.29, 1.82) is 0 Å². The molecule has 2 heterocycles. The molecule has 2 aromatic rings. The Labute approximate surface area is 143 Å². The second-order valence-electron chi connectivity index (χ2n) is 6.39. The number of rotatable bonds is 5. The zero-order chi connectivity index (χ0) is 16.4. The average Bonchev–Trinajstić information content (AvgIpc) is 3.17. The van der Waals surface area contributed by atoms with E-state index in [1.807, 2.05) is 30.3 Å². The molecule has 0 unspecified atom stereocenters. The molecule has 0 saturated carbocycles. The Morgan fingerprint density at radius 1 is 1.04 bits per heavy atom. The summed E-state index contributed by atoms with van der Waals surface area (Å²) >= 11 is 0. The van der Waals surface area contributed by atoms with Gasteiger partial charge < -0.3 is 14.4 Å². The maximum Gasteiger partial charge on any atom is 0.200 e. The van der Waals surface area contributed by atoms with Crippen LogP contribution in [0.2, 0.25) is 0 Å². The van der Waals surface area contributed by atoms with E-state index >= 15 is 0 Å². The highest BCUT2D eigenvalue weighted by molar-refractivity contribution is 5.49. The average molecular weight is 324 g/mol. The van der Waals surface area contributed by atoms with E-state index in [2.05, 4.69) is 47.1 Å². The number of nitrogens with zero attached hydrogens (tertiary/aromatic N) is 2. The smallest absolute Gasteiger partial charge is 0.200 e. The van der Waals surface area contributed by atoms with Crippen LogP contribution in [0, 0.1) is 0 Å². The van der Waals surface area contributed by atoms with E-state index in [9.17, 15) is 0 Å².